The van der Waals surface area contributed by atoms with Gasteiger partial charge in [0.25, 0.3) is 5.92 Å². The van der Waals surface area contributed by atoms with Crippen LogP contribution < -0.4 is 0 Å². The Balaban J connectivity index is 3.05. The average Bonchev–Trinajstić information content (AvgIpc) is 2.70. The second-order valence-electron chi connectivity index (χ2n) is 3.67. The molecule has 1 aromatic heterocycles. The summed E-state index contributed by atoms with van der Waals surface area (Å²) in [7, 11) is 0. The molecule has 0 bridgehead atoms. The molecule has 0 aromatic carbocycles. The molecule has 0 amide bonds. The molecule has 1 nitrogen and oxygen atoms in total. The van der Waals surface area contributed by atoms with Crippen LogP contribution in [-0.4, -0.2) is 5.92 Å². The van der Waals surface area contributed by atoms with E-state index in [9.17, 15) is 8.78 Å². The minimum atomic E-state index is -2.77. The van der Waals surface area contributed by atoms with Crippen LogP contribution in [0.3, 0.4) is 0 Å². The summed E-state index contributed by atoms with van der Waals surface area (Å²) in [4.78, 5) is 0. The van der Waals surface area contributed by atoms with Crippen molar-refractivity contribution in [2.45, 2.75) is 33.1 Å². The topological polar surface area (TPSA) is 13.1 Å². The van der Waals surface area contributed by atoms with Gasteiger partial charge in [-0.1, -0.05) is 13.0 Å². The first-order chi connectivity index (χ1) is 7.49. The Bertz CT molecular complexity index is 381. The molecule has 1 rings (SSSR count). The van der Waals surface area contributed by atoms with Gasteiger partial charge in [0.15, 0.2) is 0 Å². The lowest BCUT2D eigenvalue weighted by atomic mass is 10.0. The highest BCUT2D eigenvalue weighted by Crippen LogP contribution is 2.29. The number of alkyl halides is 2. The first kappa shape index (κ1) is 12.7. The third-order valence-electron chi connectivity index (χ3n) is 2.44. The molecule has 3 heteroatoms. The summed E-state index contributed by atoms with van der Waals surface area (Å²) in [6.45, 7) is 4.47. The maximum Gasteiger partial charge on any atom is 0.266 e. The molecule has 0 fully saturated rings. The lowest BCUT2D eigenvalue weighted by Gasteiger charge is -2.14. The quantitative estimate of drug-likeness (QED) is 0.680. The predicted molar refractivity (Wildman–Crippen MR) is 61.4 cm³/mol. The van der Waals surface area contributed by atoms with Gasteiger partial charge in [0, 0.05) is 12.5 Å². The highest BCUT2D eigenvalue weighted by molar-refractivity contribution is 5.74. The third-order valence-corrected chi connectivity index (χ3v) is 2.44. The zero-order chi connectivity index (χ0) is 12.2. The number of rotatable bonds is 4. The fraction of sp³-hybridized carbons (Fsp3) is 0.385. The van der Waals surface area contributed by atoms with Gasteiger partial charge in [-0.3, -0.25) is 0 Å². The molecule has 0 saturated carbocycles. The molecule has 0 saturated heterocycles. The maximum absolute atomic E-state index is 13.2. The summed E-state index contributed by atoms with van der Waals surface area (Å²) in [6.07, 6.45) is 6.74. The van der Waals surface area contributed by atoms with Crippen molar-refractivity contribution in [2.24, 2.45) is 0 Å². The van der Waals surface area contributed by atoms with E-state index in [0.29, 0.717) is 6.42 Å². The first-order valence-electron chi connectivity index (χ1n) is 5.26. The summed E-state index contributed by atoms with van der Waals surface area (Å²) in [5.41, 5.74) is 1.70. The van der Waals surface area contributed by atoms with Crippen molar-refractivity contribution in [2.75, 3.05) is 0 Å². The maximum atomic E-state index is 13.2. The van der Waals surface area contributed by atoms with E-state index in [0.717, 1.165) is 18.1 Å². The van der Waals surface area contributed by atoms with Crippen molar-refractivity contribution >= 4 is 5.57 Å². The Morgan fingerprint density at radius 1 is 1.50 bits per heavy atom. The summed E-state index contributed by atoms with van der Waals surface area (Å²) in [5, 5.41) is 0. The van der Waals surface area contributed by atoms with Crippen LogP contribution in [0.25, 0.3) is 5.57 Å². The van der Waals surface area contributed by atoms with Gasteiger partial charge in [-0.25, -0.2) is 8.78 Å². The number of furan rings is 1. The zero-order valence-electron chi connectivity index (χ0n) is 9.76. The second-order valence-corrected chi connectivity index (χ2v) is 3.67. The van der Waals surface area contributed by atoms with Gasteiger partial charge in [-0.05, 0) is 36.6 Å². The fourth-order valence-electron chi connectivity index (χ4n) is 1.49. The van der Waals surface area contributed by atoms with Gasteiger partial charge in [0.2, 0.25) is 0 Å². The van der Waals surface area contributed by atoms with E-state index in [1.807, 2.05) is 6.92 Å². The van der Waals surface area contributed by atoms with Crippen LogP contribution in [0, 0.1) is 0 Å². The number of allylic oxidation sites excluding steroid dienone is 4. The largest absolute Gasteiger partial charge is 0.472 e. The average molecular weight is 226 g/mol. The molecule has 1 aromatic rings. The number of hydrogen-bond donors (Lipinski definition) is 0. The van der Waals surface area contributed by atoms with Crippen LogP contribution in [0.15, 0.2) is 40.7 Å². The van der Waals surface area contributed by atoms with Gasteiger partial charge in [0.05, 0.1) is 12.5 Å². The predicted octanol–water partition coefficient (Wildman–Crippen LogP) is 4.67. The van der Waals surface area contributed by atoms with E-state index in [2.05, 4.69) is 0 Å². The highest BCUT2D eigenvalue weighted by Gasteiger charge is 2.25. The molecule has 1 heterocycles. The summed E-state index contributed by atoms with van der Waals surface area (Å²) in [5.74, 6) is -2.77. The van der Waals surface area contributed by atoms with E-state index < -0.39 is 5.92 Å². The first-order valence-corrected chi connectivity index (χ1v) is 5.26. The van der Waals surface area contributed by atoms with Crippen molar-refractivity contribution in [1.82, 2.24) is 0 Å². The molecule has 0 atom stereocenters. The molecule has 0 unspecified atom stereocenters. The van der Waals surface area contributed by atoms with Gasteiger partial charge < -0.3 is 4.42 Å². The van der Waals surface area contributed by atoms with Crippen LogP contribution in [0.5, 0.6) is 0 Å². The molecule has 0 aliphatic rings. The van der Waals surface area contributed by atoms with Gasteiger partial charge >= 0.3 is 0 Å². The van der Waals surface area contributed by atoms with E-state index >= 15 is 0 Å². The normalized spacial score (nSPS) is 14.3. The Labute approximate surface area is 94.5 Å². The number of halogens is 2. The minimum Gasteiger partial charge on any atom is -0.472 e. The van der Waals surface area contributed by atoms with Crippen molar-refractivity contribution in [1.29, 1.82) is 0 Å². The van der Waals surface area contributed by atoms with Gasteiger partial charge in [-0.2, -0.15) is 0 Å². The summed E-state index contributed by atoms with van der Waals surface area (Å²) in [6, 6.07) is 1.76. The summed E-state index contributed by atoms with van der Waals surface area (Å²) >= 11 is 0. The van der Waals surface area contributed by atoms with Gasteiger partial charge in [0.1, 0.15) is 0 Å². The monoisotopic (exact) mass is 226 g/mol. The molecule has 88 valence electrons. The van der Waals surface area contributed by atoms with Crippen LogP contribution in [0.1, 0.15) is 32.8 Å². The lowest BCUT2D eigenvalue weighted by molar-refractivity contribution is 0.0604. The van der Waals surface area contributed by atoms with Crippen LogP contribution >= 0.6 is 0 Å². The van der Waals surface area contributed by atoms with Crippen LogP contribution in [0.2, 0.25) is 0 Å². The van der Waals surface area contributed by atoms with Crippen LogP contribution in [0.4, 0.5) is 8.78 Å². The SMILES string of the molecule is C/C=C(\C=C(/CC)C(C)(F)F)c1ccoc1. The molecule has 0 aliphatic carbocycles. The Morgan fingerprint density at radius 2 is 2.19 bits per heavy atom. The van der Waals surface area contributed by atoms with E-state index in [1.165, 1.54) is 12.3 Å². The van der Waals surface area contributed by atoms with E-state index in [1.54, 1.807) is 25.3 Å². The third kappa shape index (κ3) is 3.05. The lowest BCUT2D eigenvalue weighted by Crippen LogP contribution is -2.13. The van der Waals surface area contributed by atoms with Crippen LogP contribution in [-0.2, 0) is 0 Å². The second kappa shape index (κ2) is 5.10. The van der Waals surface area contributed by atoms with Crippen molar-refractivity contribution in [3.63, 3.8) is 0 Å². The smallest absolute Gasteiger partial charge is 0.266 e. The Hall–Kier alpha value is -1.38. The van der Waals surface area contributed by atoms with Crippen molar-refractivity contribution in [3.8, 4) is 0 Å². The molecule has 0 spiro atoms. The minimum absolute atomic E-state index is 0.127. The standard InChI is InChI=1S/C13H16F2O/c1-4-10(11-6-7-16-9-11)8-12(5-2)13(3,14)15/h4,6-9H,5H2,1-3H3/b10-4+,12-8+. The van der Waals surface area contributed by atoms with E-state index in [-0.39, 0.29) is 5.57 Å². The van der Waals surface area contributed by atoms with Crippen molar-refractivity contribution < 1.29 is 13.2 Å². The molecular weight excluding hydrogens is 210 g/mol. The van der Waals surface area contributed by atoms with Gasteiger partial charge in [-0.15, -0.1) is 0 Å². The Kier molecular flexibility index (Phi) is 4.05. The van der Waals surface area contributed by atoms with Crippen molar-refractivity contribution in [3.05, 3.63) is 41.9 Å². The highest BCUT2D eigenvalue weighted by atomic mass is 19.3. The molecule has 16 heavy (non-hydrogen) atoms. The molecule has 0 aliphatic heterocycles. The molecular formula is C13H16F2O. The molecule has 0 N–H and O–H groups in total. The zero-order valence-corrected chi connectivity index (χ0v) is 9.76. The Morgan fingerprint density at radius 3 is 2.56 bits per heavy atom. The fourth-order valence-corrected chi connectivity index (χ4v) is 1.49. The summed E-state index contributed by atoms with van der Waals surface area (Å²) < 4.78 is 31.4. The van der Waals surface area contributed by atoms with E-state index in [4.69, 9.17) is 4.42 Å². The number of hydrogen-bond acceptors (Lipinski definition) is 1. The molecule has 0 radical (unpaired) electrons.